The molecule has 0 aliphatic carbocycles. The van der Waals surface area contributed by atoms with E-state index in [1.54, 1.807) is 12.1 Å². The molecular weight excluding hydrogens is 252 g/mol. The van der Waals surface area contributed by atoms with Crippen molar-refractivity contribution in [3.63, 3.8) is 0 Å². The maximum absolute atomic E-state index is 11.4. The molecule has 0 N–H and O–H groups in total. The zero-order valence-electron chi connectivity index (χ0n) is 10.9. The van der Waals surface area contributed by atoms with Crippen LogP contribution in [0.5, 0.6) is 5.75 Å². The molecule has 0 saturated heterocycles. The number of ketones is 1. The van der Waals surface area contributed by atoms with Crippen LogP contribution in [-0.4, -0.2) is 32.8 Å². The molecule has 100 valence electrons. The van der Waals surface area contributed by atoms with Crippen LogP contribution in [0.4, 0.5) is 0 Å². The predicted molar refractivity (Wildman–Crippen MR) is 71.0 cm³/mol. The summed E-state index contributed by atoms with van der Waals surface area (Å²) in [7, 11) is -2.96. The van der Waals surface area contributed by atoms with Crippen LogP contribution in [0.25, 0.3) is 0 Å². The number of hydrogen-bond donors (Lipinski definition) is 0. The van der Waals surface area contributed by atoms with Gasteiger partial charge in [-0.15, -0.1) is 0 Å². The highest BCUT2D eigenvalue weighted by Gasteiger charge is 2.09. The Hall–Kier alpha value is -1.36. The van der Waals surface area contributed by atoms with Crippen molar-refractivity contribution in [2.45, 2.75) is 20.3 Å². The van der Waals surface area contributed by atoms with Crippen LogP contribution in [0.3, 0.4) is 0 Å². The van der Waals surface area contributed by atoms with Crippen LogP contribution in [0.1, 0.15) is 29.3 Å². The maximum atomic E-state index is 11.4. The lowest BCUT2D eigenvalue weighted by Gasteiger charge is -2.10. The van der Waals surface area contributed by atoms with E-state index in [0.717, 1.165) is 5.56 Å². The quantitative estimate of drug-likeness (QED) is 0.586. The minimum absolute atomic E-state index is 0.0585. The molecule has 0 bridgehead atoms. The number of benzene rings is 1. The number of aryl methyl sites for hydroxylation is 1. The first-order valence-electron chi connectivity index (χ1n) is 5.72. The molecule has 1 aromatic carbocycles. The molecule has 0 amide bonds. The van der Waals surface area contributed by atoms with Gasteiger partial charge in [-0.25, -0.2) is 8.42 Å². The molecule has 1 aromatic rings. The molecule has 0 heterocycles. The molecule has 1 rings (SSSR count). The van der Waals surface area contributed by atoms with Crippen molar-refractivity contribution in [2.75, 3.05) is 18.6 Å². The number of carbonyl (C=O) groups excluding carboxylic acids is 1. The van der Waals surface area contributed by atoms with Gasteiger partial charge in [0.1, 0.15) is 15.6 Å². The van der Waals surface area contributed by atoms with E-state index in [0.29, 0.717) is 17.7 Å². The second-order valence-electron chi connectivity index (χ2n) is 4.39. The zero-order valence-corrected chi connectivity index (χ0v) is 11.7. The van der Waals surface area contributed by atoms with E-state index >= 15 is 0 Å². The lowest BCUT2D eigenvalue weighted by Crippen LogP contribution is -2.09. The molecule has 0 unspecified atom stereocenters. The molecular formula is C13H18O4S. The predicted octanol–water partition coefficient (Wildman–Crippen LogP) is 2.01. The lowest BCUT2D eigenvalue weighted by atomic mass is 10.1. The summed E-state index contributed by atoms with van der Waals surface area (Å²) in [6.07, 6.45) is 1.62. The van der Waals surface area contributed by atoms with Crippen molar-refractivity contribution in [3.05, 3.63) is 29.3 Å². The van der Waals surface area contributed by atoms with Gasteiger partial charge in [-0.1, -0.05) is 11.6 Å². The lowest BCUT2D eigenvalue weighted by molar-refractivity contribution is 0.101. The first-order chi connectivity index (χ1) is 8.29. The van der Waals surface area contributed by atoms with Gasteiger partial charge in [0.05, 0.1) is 17.9 Å². The molecule has 0 fully saturated rings. The van der Waals surface area contributed by atoms with E-state index in [1.807, 2.05) is 13.0 Å². The van der Waals surface area contributed by atoms with Crippen molar-refractivity contribution in [2.24, 2.45) is 0 Å². The summed E-state index contributed by atoms with van der Waals surface area (Å²) < 4.78 is 27.4. The third-order valence-electron chi connectivity index (χ3n) is 2.43. The number of Topliss-reactive ketones (excluding diaryl/α,β-unsaturated/α-hetero) is 1. The molecule has 0 aliphatic rings. The van der Waals surface area contributed by atoms with Crippen molar-refractivity contribution < 1.29 is 17.9 Å². The van der Waals surface area contributed by atoms with Crippen LogP contribution in [0, 0.1) is 6.92 Å². The summed E-state index contributed by atoms with van der Waals surface area (Å²) in [5.74, 6) is 0.548. The minimum atomic E-state index is -2.96. The van der Waals surface area contributed by atoms with Crippen molar-refractivity contribution in [1.82, 2.24) is 0 Å². The molecule has 0 radical (unpaired) electrons. The zero-order chi connectivity index (χ0) is 13.8. The second-order valence-corrected chi connectivity index (χ2v) is 6.65. The summed E-state index contributed by atoms with van der Waals surface area (Å²) in [5.41, 5.74) is 1.53. The van der Waals surface area contributed by atoms with E-state index in [9.17, 15) is 13.2 Å². The number of hydrogen-bond acceptors (Lipinski definition) is 4. The fourth-order valence-corrected chi connectivity index (χ4v) is 2.19. The van der Waals surface area contributed by atoms with Crippen molar-refractivity contribution in [1.29, 1.82) is 0 Å². The van der Waals surface area contributed by atoms with Crippen molar-refractivity contribution in [3.8, 4) is 5.75 Å². The number of carbonyl (C=O) groups is 1. The Morgan fingerprint density at radius 1 is 1.33 bits per heavy atom. The Morgan fingerprint density at radius 2 is 2.00 bits per heavy atom. The smallest absolute Gasteiger partial charge is 0.163 e. The highest BCUT2D eigenvalue weighted by atomic mass is 32.2. The van der Waals surface area contributed by atoms with E-state index in [-0.39, 0.29) is 18.1 Å². The molecule has 18 heavy (non-hydrogen) atoms. The van der Waals surface area contributed by atoms with Crippen LogP contribution < -0.4 is 4.74 Å². The Bertz CT molecular complexity index is 532. The highest BCUT2D eigenvalue weighted by molar-refractivity contribution is 7.90. The van der Waals surface area contributed by atoms with E-state index in [1.165, 1.54) is 13.2 Å². The topological polar surface area (TPSA) is 60.4 Å². The minimum Gasteiger partial charge on any atom is -0.493 e. The highest BCUT2D eigenvalue weighted by Crippen LogP contribution is 2.20. The van der Waals surface area contributed by atoms with Gasteiger partial charge in [0, 0.05) is 6.26 Å². The monoisotopic (exact) mass is 270 g/mol. The summed E-state index contributed by atoms with van der Waals surface area (Å²) in [4.78, 5) is 11.4. The molecule has 0 saturated carbocycles. The van der Waals surface area contributed by atoms with Gasteiger partial charge in [0.2, 0.25) is 0 Å². The average molecular weight is 270 g/mol. The Kier molecular flexibility index (Phi) is 4.90. The number of sulfone groups is 1. The van der Waals surface area contributed by atoms with Gasteiger partial charge >= 0.3 is 0 Å². The van der Waals surface area contributed by atoms with Gasteiger partial charge < -0.3 is 4.74 Å². The fraction of sp³-hybridized carbons (Fsp3) is 0.462. The first-order valence-corrected chi connectivity index (χ1v) is 7.78. The standard InChI is InChI=1S/C13H18O4S/c1-10-5-6-13(12(9-10)11(2)14)17-7-4-8-18(3,15)16/h5-6,9H,4,7-8H2,1-3H3. The normalized spacial score (nSPS) is 11.3. The number of rotatable bonds is 6. The van der Waals surface area contributed by atoms with Gasteiger partial charge in [-0.05, 0) is 32.4 Å². The number of ether oxygens (including phenoxy) is 1. The Labute approximate surface area is 108 Å². The first kappa shape index (κ1) is 14.7. The van der Waals surface area contributed by atoms with E-state index < -0.39 is 9.84 Å². The van der Waals surface area contributed by atoms with Gasteiger partial charge in [0.15, 0.2) is 5.78 Å². The Morgan fingerprint density at radius 3 is 2.56 bits per heavy atom. The molecule has 0 spiro atoms. The fourth-order valence-electron chi connectivity index (χ4n) is 1.55. The molecule has 5 heteroatoms. The van der Waals surface area contributed by atoms with Gasteiger partial charge in [-0.2, -0.15) is 0 Å². The van der Waals surface area contributed by atoms with Crippen LogP contribution in [0.15, 0.2) is 18.2 Å². The largest absolute Gasteiger partial charge is 0.493 e. The van der Waals surface area contributed by atoms with Gasteiger partial charge in [0.25, 0.3) is 0 Å². The summed E-state index contributed by atoms with van der Waals surface area (Å²) >= 11 is 0. The summed E-state index contributed by atoms with van der Waals surface area (Å²) in [5, 5.41) is 0. The van der Waals surface area contributed by atoms with Crippen LogP contribution >= 0.6 is 0 Å². The third kappa shape index (κ3) is 4.87. The maximum Gasteiger partial charge on any atom is 0.163 e. The van der Waals surface area contributed by atoms with E-state index in [2.05, 4.69) is 0 Å². The Balaban J connectivity index is 2.65. The van der Waals surface area contributed by atoms with Crippen molar-refractivity contribution >= 4 is 15.6 Å². The SMILES string of the molecule is CC(=O)c1cc(C)ccc1OCCCS(C)(=O)=O. The van der Waals surface area contributed by atoms with Gasteiger partial charge in [-0.3, -0.25) is 4.79 Å². The van der Waals surface area contributed by atoms with E-state index in [4.69, 9.17) is 4.74 Å². The molecule has 0 aromatic heterocycles. The van der Waals surface area contributed by atoms with Crippen LogP contribution in [-0.2, 0) is 9.84 Å². The van der Waals surface area contributed by atoms with Crippen LogP contribution in [0.2, 0.25) is 0 Å². The summed E-state index contributed by atoms with van der Waals surface area (Å²) in [6, 6.07) is 5.37. The third-order valence-corrected chi connectivity index (χ3v) is 3.46. The molecule has 4 nitrogen and oxygen atoms in total. The second kappa shape index (κ2) is 6.00. The molecule has 0 atom stereocenters. The average Bonchev–Trinajstić information content (AvgIpc) is 2.24. The molecule has 0 aliphatic heterocycles. The summed E-state index contributed by atoms with van der Waals surface area (Å²) in [6.45, 7) is 3.68.